The van der Waals surface area contributed by atoms with Crippen LogP contribution in [-0.4, -0.2) is 10.4 Å². The number of rotatable bonds is 3. The topological polar surface area (TPSA) is 64.5 Å². The van der Waals surface area contributed by atoms with Crippen molar-refractivity contribution in [2.24, 2.45) is 0 Å². The van der Waals surface area contributed by atoms with Crippen LogP contribution in [0.5, 0.6) is 0 Å². The molecule has 1 rings (SSSR count). The smallest absolute Gasteiger partial charge is 0.0655 e. The minimum atomic E-state index is 0.608. The molecule has 0 aromatic heterocycles. The van der Waals surface area contributed by atoms with Crippen molar-refractivity contribution in [3.8, 4) is 0 Å². The first kappa shape index (κ1) is 8.83. The molecule has 4 nitrogen and oxygen atoms in total. The summed E-state index contributed by atoms with van der Waals surface area (Å²) in [6, 6.07) is 5.20. The van der Waals surface area contributed by atoms with Crippen LogP contribution in [0.25, 0.3) is 0 Å². The van der Waals surface area contributed by atoms with Gasteiger partial charge in [-0.15, -0.1) is 0 Å². The molecule has 0 fully saturated rings. The summed E-state index contributed by atoms with van der Waals surface area (Å²) in [5.74, 6) is 0. The van der Waals surface area contributed by atoms with Crippen molar-refractivity contribution >= 4 is 11.4 Å². The standard InChI is InChI=1S/C8H12N2O2/c1-2-6-7(9-11)4-3-5-8(6)10-12/h3-5,9-12H,2H2,1H3. The van der Waals surface area contributed by atoms with Crippen molar-refractivity contribution < 1.29 is 10.4 Å². The molecular weight excluding hydrogens is 156 g/mol. The molecule has 0 spiro atoms. The molecule has 1 aromatic carbocycles. The molecule has 0 saturated heterocycles. The molecule has 0 aliphatic heterocycles. The van der Waals surface area contributed by atoms with Gasteiger partial charge in [-0.3, -0.25) is 21.4 Å². The van der Waals surface area contributed by atoms with Crippen molar-refractivity contribution in [1.29, 1.82) is 0 Å². The van der Waals surface area contributed by atoms with E-state index in [0.29, 0.717) is 11.4 Å². The maximum absolute atomic E-state index is 8.71. The average Bonchev–Trinajstić information content (AvgIpc) is 2.16. The first-order valence-electron chi connectivity index (χ1n) is 3.75. The summed E-state index contributed by atoms with van der Waals surface area (Å²) in [4.78, 5) is 0. The second-order valence-corrected chi connectivity index (χ2v) is 2.41. The third kappa shape index (κ3) is 1.49. The van der Waals surface area contributed by atoms with Gasteiger partial charge in [0, 0.05) is 5.56 Å². The minimum absolute atomic E-state index is 0.608. The van der Waals surface area contributed by atoms with Gasteiger partial charge in [-0.05, 0) is 18.6 Å². The Bertz CT molecular complexity index is 241. The van der Waals surface area contributed by atoms with Gasteiger partial charge in [0.15, 0.2) is 0 Å². The van der Waals surface area contributed by atoms with Crippen LogP contribution >= 0.6 is 0 Å². The van der Waals surface area contributed by atoms with E-state index in [1.165, 1.54) is 0 Å². The largest absolute Gasteiger partial charge is 0.291 e. The lowest BCUT2D eigenvalue weighted by molar-refractivity contribution is 0.384. The summed E-state index contributed by atoms with van der Waals surface area (Å²) in [5, 5.41) is 17.4. The first-order chi connectivity index (χ1) is 5.83. The van der Waals surface area contributed by atoms with E-state index in [1.807, 2.05) is 6.92 Å². The SMILES string of the molecule is CCc1c(NO)cccc1NO. The number of benzene rings is 1. The fourth-order valence-electron chi connectivity index (χ4n) is 1.18. The van der Waals surface area contributed by atoms with Crippen LogP contribution in [0.15, 0.2) is 18.2 Å². The molecule has 0 aliphatic rings. The zero-order valence-corrected chi connectivity index (χ0v) is 6.83. The van der Waals surface area contributed by atoms with Crippen LogP contribution < -0.4 is 11.0 Å². The summed E-state index contributed by atoms with van der Waals surface area (Å²) in [6.07, 6.45) is 0.729. The second kappa shape index (κ2) is 3.94. The van der Waals surface area contributed by atoms with Crippen LogP contribution in [-0.2, 0) is 6.42 Å². The van der Waals surface area contributed by atoms with Crippen LogP contribution in [0.4, 0.5) is 11.4 Å². The lowest BCUT2D eigenvalue weighted by Crippen LogP contribution is -2.00. The van der Waals surface area contributed by atoms with E-state index < -0.39 is 0 Å². The van der Waals surface area contributed by atoms with Gasteiger partial charge >= 0.3 is 0 Å². The molecule has 0 aliphatic carbocycles. The molecule has 66 valence electrons. The molecule has 0 unspecified atom stereocenters. The minimum Gasteiger partial charge on any atom is -0.291 e. The molecule has 4 heteroatoms. The molecule has 0 heterocycles. The Hall–Kier alpha value is -1.26. The predicted octanol–water partition coefficient (Wildman–Crippen LogP) is 1.85. The highest BCUT2D eigenvalue weighted by Gasteiger charge is 2.03. The summed E-state index contributed by atoms with van der Waals surface area (Å²) in [6.45, 7) is 1.94. The van der Waals surface area contributed by atoms with Crippen LogP contribution in [0.2, 0.25) is 0 Å². The Balaban J connectivity index is 3.13. The van der Waals surface area contributed by atoms with E-state index in [0.717, 1.165) is 12.0 Å². The van der Waals surface area contributed by atoms with Gasteiger partial charge in [0.25, 0.3) is 0 Å². The van der Waals surface area contributed by atoms with E-state index in [2.05, 4.69) is 11.0 Å². The fourth-order valence-corrected chi connectivity index (χ4v) is 1.18. The zero-order valence-electron chi connectivity index (χ0n) is 6.83. The Morgan fingerprint density at radius 2 is 1.67 bits per heavy atom. The van der Waals surface area contributed by atoms with Crippen LogP contribution in [0.3, 0.4) is 0 Å². The van der Waals surface area contributed by atoms with Gasteiger partial charge < -0.3 is 0 Å². The molecule has 0 radical (unpaired) electrons. The molecule has 0 saturated carbocycles. The lowest BCUT2D eigenvalue weighted by Gasteiger charge is -2.10. The van der Waals surface area contributed by atoms with Crippen LogP contribution in [0, 0.1) is 0 Å². The van der Waals surface area contributed by atoms with Crippen molar-refractivity contribution in [3.05, 3.63) is 23.8 Å². The highest BCUT2D eigenvalue weighted by molar-refractivity contribution is 5.63. The number of hydrogen-bond donors (Lipinski definition) is 4. The normalized spacial score (nSPS) is 9.58. The number of hydrogen-bond acceptors (Lipinski definition) is 4. The van der Waals surface area contributed by atoms with E-state index in [9.17, 15) is 0 Å². The zero-order chi connectivity index (χ0) is 8.97. The van der Waals surface area contributed by atoms with Gasteiger partial charge in [-0.2, -0.15) is 0 Å². The van der Waals surface area contributed by atoms with Crippen molar-refractivity contribution in [2.75, 3.05) is 11.0 Å². The monoisotopic (exact) mass is 168 g/mol. The van der Waals surface area contributed by atoms with Gasteiger partial charge in [0.1, 0.15) is 0 Å². The summed E-state index contributed by atoms with van der Waals surface area (Å²) < 4.78 is 0. The average molecular weight is 168 g/mol. The maximum Gasteiger partial charge on any atom is 0.0655 e. The summed E-state index contributed by atoms with van der Waals surface area (Å²) >= 11 is 0. The van der Waals surface area contributed by atoms with Crippen molar-refractivity contribution in [2.45, 2.75) is 13.3 Å². The maximum atomic E-state index is 8.71. The Labute approximate surface area is 70.8 Å². The highest BCUT2D eigenvalue weighted by atomic mass is 16.5. The Morgan fingerprint density at radius 3 is 2.00 bits per heavy atom. The molecular formula is C8H12N2O2. The fraction of sp³-hybridized carbons (Fsp3) is 0.250. The van der Waals surface area contributed by atoms with Gasteiger partial charge in [0.05, 0.1) is 11.4 Å². The van der Waals surface area contributed by atoms with Crippen molar-refractivity contribution in [1.82, 2.24) is 0 Å². The third-order valence-electron chi connectivity index (χ3n) is 1.77. The van der Waals surface area contributed by atoms with Crippen molar-refractivity contribution in [3.63, 3.8) is 0 Å². The molecule has 12 heavy (non-hydrogen) atoms. The molecule has 0 bridgehead atoms. The first-order valence-corrected chi connectivity index (χ1v) is 3.75. The van der Waals surface area contributed by atoms with E-state index in [4.69, 9.17) is 10.4 Å². The van der Waals surface area contributed by atoms with E-state index in [1.54, 1.807) is 18.2 Å². The Morgan fingerprint density at radius 1 is 1.17 bits per heavy atom. The van der Waals surface area contributed by atoms with Gasteiger partial charge in [-0.25, -0.2) is 0 Å². The molecule has 4 N–H and O–H groups in total. The molecule has 0 atom stereocenters. The quantitative estimate of drug-likeness (QED) is 0.520. The molecule has 1 aromatic rings. The third-order valence-corrected chi connectivity index (χ3v) is 1.77. The van der Waals surface area contributed by atoms with E-state index in [-0.39, 0.29) is 0 Å². The highest BCUT2D eigenvalue weighted by Crippen LogP contribution is 2.23. The summed E-state index contributed by atoms with van der Waals surface area (Å²) in [5.41, 5.74) is 6.21. The van der Waals surface area contributed by atoms with E-state index >= 15 is 0 Å². The van der Waals surface area contributed by atoms with Gasteiger partial charge in [-0.1, -0.05) is 13.0 Å². The predicted molar refractivity (Wildman–Crippen MR) is 46.6 cm³/mol. The number of anilines is 2. The molecule has 0 amide bonds. The Kier molecular flexibility index (Phi) is 2.90. The lowest BCUT2D eigenvalue weighted by atomic mass is 10.1. The van der Waals surface area contributed by atoms with Gasteiger partial charge in [0.2, 0.25) is 0 Å². The number of nitrogens with one attached hydrogen (secondary N) is 2. The second-order valence-electron chi connectivity index (χ2n) is 2.41. The van der Waals surface area contributed by atoms with Crippen LogP contribution in [0.1, 0.15) is 12.5 Å². The summed E-state index contributed by atoms with van der Waals surface area (Å²) in [7, 11) is 0.